The molecule has 0 bridgehead atoms. The van der Waals surface area contributed by atoms with Crippen LogP contribution in [0.15, 0.2) is 0 Å². The van der Waals surface area contributed by atoms with Crippen LogP contribution in [0.5, 0.6) is 0 Å². The lowest BCUT2D eigenvalue weighted by Crippen LogP contribution is -2.23. The highest BCUT2D eigenvalue weighted by atomic mass is 16.5. The monoisotopic (exact) mass is 200 g/mol. The number of hydrogen-bond acceptors (Lipinski definition) is 2. The third kappa shape index (κ3) is 3.58. The normalized spacial score (nSPS) is 20.6. The molecule has 0 aromatic carbocycles. The molecule has 0 spiro atoms. The molecule has 0 aliphatic heterocycles. The predicted octanol–water partition coefficient (Wildman–Crippen LogP) is 2.60. The maximum absolute atomic E-state index is 9.37. The summed E-state index contributed by atoms with van der Waals surface area (Å²) in [5, 5.41) is 9.37. The molecule has 84 valence electrons. The Balaban J connectivity index is 2.15. The maximum atomic E-state index is 9.37. The fourth-order valence-corrected chi connectivity index (χ4v) is 2.22. The molecule has 0 saturated heterocycles. The third-order valence-electron chi connectivity index (χ3n) is 3.23. The molecular formula is C12H24O2. The maximum Gasteiger partial charge on any atom is 0.0488 e. The number of aliphatic hydroxyl groups excluding tert-OH is 1. The minimum absolute atomic E-state index is 0.205. The van der Waals surface area contributed by atoms with Gasteiger partial charge in [0.25, 0.3) is 0 Å². The largest absolute Gasteiger partial charge is 0.396 e. The van der Waals surface area contributed by atoms with Gasteiger partial charge in [-0.15, -0.1) is 0 Å². The Morgan fingerprint density at radius 2 is 1.93 bits per heavy atom. The molecule has 1 fully saturated rings. The fraction of sp³-hybridized carbons (Fsp3) is 1.00. The summed E-state index contributed by atoms with van der Waals surface area (Å²) in [5.41, 5.74) is 0.205. The van der Waals surface area contributed by atoms with E-state index in [0.717, 1.165) is 19.6 Å². The number of rotatable bonds is 6. The minimum Gasteiger partial charge on any atom is -0.396 e. The molecule has 2 nitrogen and oxygen atoms in total. The summed E-state index contributed by atoms with van der Waals surface area (Å²) >= 11 is 0. The Morgan fingerprint density at radius 3 is 2.43 bits per heavy atom. The van der Waals surface area contributed by atoms with Gasteiger partial charge in [-0.2, -0.15) is 0 Å². The van der Waals surface area contributed by atoms with E-state index >= 15 is 0 Å². The van der Waals surface area contributed by atoms with Gasteiger partial charge in [-0.05, 0) is 30.6 Å². The average Bonchev–Trinajstić information content (AvgIpc) is 2.62. The Kier molecular flexibility index (Phi) is 4.90. The summed E-state index contributed by atoms with van der Waals surface area (Å²) in [4.78, 5) is 0. The van der Waals surface area contributed by atoms with Crippen LogP contribution in [0.2, 0.25) is 0 Å². The first kappa shape index (κ1) is 12.0. The zero-order valence-corrected chi connectivity index (χ0v) is 9.59. The van der Waals surface area contributed by atoms with Gasteiger partial charge in [0.2, 0.25) is 0 Å². The summed E-state index contributed by atoms with van der Waals surface area (Å²) in [6, 6.07) is 0. The molecule has 2 heteroatoms. The Labute approximate surface area is 87.7 Å². The van der Waals surface area contributed by atoms with Gasteiger partial charge in [-0.1, -0.05) is 26.7 Å². The first-order valence-electron chi connectivity index (χ1n) is 5.87. The van der Waals surface area contributed by atoms with Crippen LogP contribution in [0.4, 0.5) is 0 Å². The van der Waals surface area contributed by atoms with Crippen molar-refractivity contribution in [1.29, 1.82) is 0 Å². The van der Waals surface area contributed by atoms with E-state index in [-0.39, 0.29) is 5.41 Å². The molecule has 0 aromatic heterocycles. The van der Waals surface area contributed by atoms with Crippen LogP contribution in [-0.2, 0) is 4.74 Å². The van der Waals surface area contributed by atoms with Gasteiger partial charge < -0.3 is 9.84 Å². The lowest BCUT2D eigenvalue weighted by atomic mass is 9.84. The van der Waals surface area contributed by atoms with E-state index in [9.17, 15) is 5.11 Å². The summed E-state index contributed by atoms with van der Waals surface area (Å²) < 4.78 is 5.57. The van der Waals surface area contributed by atoms with Crippen LogP contribution in [0.3, 0.4) is 0 Å². The van der Waals surface area contributed by atoms with Gasteiger partial charge >= 0.3 is 0 Å². The molecule has 0 unspecified atom stereocenters. The van der Waals surface area contributed by atoms with Crippen molar-refractivity contribution in [2.24, 2.45) is 11.3 Å². The smallest absolute Gasteiger partial charge is 0.0488 e. The van der Waals surface area contributed by atoms with Gasteiger partial charge in [-0.25, -0.2) is 0 Å². The van der Waals surface area contributed by atoms with E-state index in [0.29, 0.717) is 12.5 Å². The molecule has 1 rings (SSSR count). The van der Waals surface area contributed by atoms with Crippen LogP contribution >= 0.6 is 0 Å². The van der Waals surface area contributed by atoms with Crippen LogP contribution in [0, 0.1) is 11.3 Å². The summed E-state index contributed by atoms with van der Waals surface area (Å²) in [6.07, 6.45) is 5.98. The van der Waals surface area contributed by atoms with Crippen molar-refractivity contribution in [1.82, 2.24) is 0 Å². The van der Waals surface area contributed by atoms with Crippen LogP contribution in [-0.4, -0.2) is 24.9 Å². The first-order chi connectivity index (χ1) is 6.68. The van der Waals surface area contributed by atoms with Crippen molar-refractivity contribution < 1.29 is 9.84 Å². The Hall–Kier alpha value is -0.0800. The van der Waals surface area contributed by atoms with E-state index in [2.05, 4.69) is 13.8 Å². The number of aliphatic hydroxyl groups is 1. The third-order valence-corrected chi connectivity index (χ3v) is 3.23. The molecule has 0 atom stereocenters. The molecular weight excluding hydrogens is 176 g/mol. The second-order valence-corrected chi connectivity index (χ2v) is 5.08. The van der Waals surface area contributed by atoms with Gasteiger partial charge in [0.15, 0.2) is 0 Å². The van der Waals surface area contributed by atoms with E-state index in [1.807, 2.05) is 0 Å². The number of hydrogen-bond donors (Lipinski definition) is 1. The van der Waals surface area contributed by atoms with E-state index in [4.69, 9.17) is 4.74 Å². The van der Waals surface area contributed by atoms with Crippen LogP contribution < -0.4 is 0 Å². The highest BCUT2D eigenvalue weighted by molar-refractivity contribution is 4.83. The van der Waals surface area contributed by atoms with E-state index in [1.165, 1.54) is 25.7 Å². The predicted molar refractivity (Wildman–Crippen MR) is 58.3 cm³/mol. The van der Waals surface area contributed by atoms with Gasteiger partial charge in [0.05, 0.1) is 0 Å². The molecule has 14 heavy (non-hydrogen) atoms. The van der Waals surface area contributed by atoms with E-state index < -0.39 is 0 Å². The van der Waals surface area contributed by atoms with Gasteiger partial charge in [-0.3, -0.25) is 0 Å². The molecule has 0 radical (unpaired) electrons. The highest BCUT2D eigenvalue weighted by Gasteiger charge is 2.32. The molecule has 1 saturated carbocycles. The number of ether oxygens (including phenoxy) is 1. The standard InChI is InChI=1S/C12H24O2/c1-11(2)9-14-8-7-12(10-13)5-3-4-6-12/h11,13H,3-10H2,1-2H3. The summed E-state index contributed by atoms with van der Waals surface area (Å²) in [6.45, 7) is 6.34. The van der Waals surface area contributed by atoms with E-state index in [1.54, 1.807) is 0 Å². The zero-order chi connectivity index (χ0) is 10.4. The second-order valence-electron chi connectivity index (χ2n) is 5.08. The average molecular weight is 200 g/mol. The molecule has 0 aromatic rings. The van der Waals surface area contributed by atoms with Crippen molar-refractivity contribution in [3.63, 3.8) is 0 Å². The van der Waals surface area contributed by atoms with Crippen molar-refractivity contribution >= 4 is 0 Å². The SMILES string of the molecule is CC(C)COCCC1(CO)CCCC1. The van der Waals surface area contributed by atoms with Crippen LogP contribution in [0.25, 0.3) is 0 Å². The lowest BCUT2D eigenvalue weighted by Gasteiger charge is -2.26. The van der Waals surface area contributed by atoms with Crippen molar-refractivity contribution in [2.45, 2.75) is 46.0 Å². The minimum atomic E-state index is 0.205. The Morgan fingerprint density at radius 1 is 1.29 bits per heavy atom. The highest BCUT2D eigenvalue weighted by Crippen LogP contribution is 2.40. The second kappa shape index (κ2) is 5.72. The quantitative estimate of drug-likeness (QED) is 0.668. The summed E-state index contributed by atoms with van der Waals surface area (Å²) in [5.74, 6) is 0.614. The molecule has 0 amide bonds. The van der Waals surface area contributed by atoms with Gasteiger partial charge in [0, 0.05) is 19.8 Å². The van der Waals surface area contributed by atoms with Gasteiger partial charge in [0.1, 0.15) is 0 Å². The van der Waals surface area contributed by atoms with Crippen LogP contribution in [0.1, 0.15) is 46.0 Å². The zero-order valence-electron chi connectivity index (χ0n) is 9.59. The van der Waals surface area contributed by atoms with Crippen molar-refractivity contribution in [3.05, 3.63) is 0 Å². The van der Waals surface area contributed by atoms with Crippen molar-refractivity contribution in [2.75, 3.05) is 19.8 Å². The molecule has 1 N–H and O–H groups in total. The fourth-order valence-electron chi connectivity index (χ4n) is 2.22. The topological polar surface area (TPSA) is 29.5 Å². The molecule has 1 aliphatic carbocycles. The van der Waals surface area contributed by atoms with Crippen molar-refractivity contribution in [3.8, 4) is 0 Å². The lowest BCUT2D eigenvalue weighted by molar-refractivity contribution is 0.0502. The Bertz CT molecular complexity index is 148. The first-order valence-corrected chi connectivity index (χ1v) is 5.87. The molecule has 0 heterocycles. The summed E-state index contributed by atoms with van der Waals surface area (Å²) in [7, 11) is 0. The molecule has 1 aliphatic rings.